The van der Waals surface area contributed by atoms with Crippen LogP contribution in [0.3, 0.4) is 0 Å². The zero-order valence-electron chi connectivity index (χ0n) is 15.3. The van der Waals surface area contributed by atoms with E-state index in [2.05, 4.69) is 17.5 Å². The Balaban J connectivity index is 1.32. The molecule has 0 spiro atoms. The summed E-state index contributed by atoms with van der Waals surface area (Å²) in [4.78, 5) is 12.4. The molecule has 6 heteroatoms. The van der Waals surface area contributed by atoms with Crippen molar-refractivity contribution >= 4 is 11.4 Å². The standard InChI is InChI=1S/C20H27N3O3/c1-26-20-5-4-18(23(24)25)12-19(20)21-17-6-8-22(9-7-17)13-16-11-14-2-3-15(16)10-14/h2-5,12,14-17,21H,6-11,13H2,1H3/p+1/t14-,15+,16-/m1/s1. The molecule has 0 amide bonds. The van der Waals surface area contributed by atoms with E-state index in [1.54, 1.807) is 24.1 Å². The molecule has 1 saturated carbocycles. The van der Waals surface area contributed by atoms with Crippen LogP contribution in [-0.4, -0.2) is 37.7 Å². The van der Waals surface area contributed by atoms with E-state index < -0.39 is 0 Å². The lowest BCUT2D eigenvalue weighted by Gasteiger charge is -2.33. The number of fused-ring (bicyclic) bond motifs is 2. The van der Waals surface area contributed by atoms with E-state index >= 15 is 0 Å². The minimum absolute atomic E-state index is 0.0979. The van der Waals surface area contributed by atoms with Gasteiger partial charge in [0.05, 0.1) is 37.4 Å². The molecule has 2 N–H and O–H groups in total. The second-order valence-electron chi connectivity index (χ2n) is 8.05. The Bertz CT molecular complexity index is 698. The number of hydrogen-bond donors (Lipinski definition) is 2. The average Bonchev–Trinajstić information content (AvgIpc) is 3.26. The van der Waals surface area contributed by atoms with Crippen LogP contribution in [0.4, 0.5) is 11.4 Å². The Morgan fingerprint density at radius 1 is 1.27 bits per heavy atom. The van der Waals surface area contributed by atoms with E-state index in [0.717, 1.165) is 36.3 Å². The number of methoxy groups -OCH3 is 1. The van der Waals surface area contributed by atoms with E-state index in [1.165, 1.54) is 38.5 Å². The lowest BCUT2D eigenvalue weighted by Crippen LogP contribution is -3.14. The fourth-order valence-corrected chi connectivity index (χ4v) is 5.02. The number of piperidine rings is 1. The van der Waals surface area contributed by atoms with Crippen molar-refractivity contribution in [1.29, 1.82) is 0 Å². The van der Waals surface area contributed by atoms with E-state index in [-0.39, 0.29) is 10.6 Å². The summed E-state index contributed by atoms with van der Waals surface area (Å²) in [6.45, 7) is 3.65. The number of ether oxygens (including phenoxy) is 1. The SMILES string of the molecule is COc1ccc([N+](=O)[O-])cc1NC1CC[NH+](C[C@H]2C[C@@H]3C=C[C@H]2C3)CC1. The fourth-order valence-electron chi connectivity index (χ4n) is 5.02. The molecule has 140 valence electrons. The minimum Gasteiger partial charge on any atom is -0.495 e. The molecule has 3 atom stereocenters. The van der Waals surface area contributed by atoms with Crippen molar-refractivity contribution in [3.63, 3.8) is 0 Å². The van der Waals surface area contributed by atoms with Crippen LogP contribution < -0.4 is 15.0 Å². The first-order valence-corrected chi connectivity index (χ1v) is 9.73. The molecular formula is C20H28N3O3+. The van der Waals surface area contributed by atoms with Crippen LogP contribution in [-0.2, 0) is 0 Å². The molecule has 0 radical (unpaired) electrons. The van der Waals surface area contributed by atoms with Gasteiger partial charge in [-0.05, 0) is 30.7 Å². The third-order valence-corrected chi connectivity index (χ3v) is 6.41. The number of nitro benzene ring substituents is 1. The van der Waals surface area contributed by atoms with Gasteiger partial charge in [0.1, 0.15) is 5.75 Å². The maximum atomic E-state index is 11.0. The van der Waals surface area contributed by atoms with Gasteiger partial charge < -0.3 is 15.0 Å². The van der Waals surface area contributed by atoms with Crippen molar-refractivity contribution in [2.45, 2.75) is 31.7 Å². The van der Waals surface area contributed by atoms with Crippen LogP contribution in [0.2, 0.25) is 0 Å². The molecule has 6 nitrogen and oxygen atoms in total. The van der Waals surface area contributed by atoms with Gasteiger partial charge in [0.25, 0.3) is 5.69 Å². The summed E-state index contributed by atoms with van der Waals surface area (Å²) in [5, 5.41) is 14.5. The predicted molar refractivity (Wildman–Crippen MR) is 101 cm³/mol. The van der Waals surface area contributed by atoms with Crippen LogP contribution in [0.15, 0.2) is 30.4 Å². The number of allylic oxidation sites excluding steroid dienone is 2. The number of nitro groups is 1. The van der Waals surface area contributed by atoms with E-state index in [1.807, 2.05) is 0 Å². The minimum atomic E-state index is -0.360. The molecule has 3 aliphatic rings. The lowest BCUT2D eigenvalue weighted by molar-refractivity contribution is -0.908. The Hall–Kier alpha value is -2.08. The monoisotopic (exact) mass is 358 g/mol. The molecule has 2 fully saturated rings. The highest BCUT2D eigenvalue weighted by Gasteiger charge is 2.38. The fraction of sp³-hybridized carbons (Fsp3) is 0.600. The molecule has 2 bridgehead atoms. The first kappa shape index (κ1) is 17.3. The zero-order chi connectivity index (χ0) is 18.1. The van der Waals surface area contributed by atoms with Crippen molar-refractivity contribution < 1.29 is 14.6 Å². The lowest BCUT2D eigenvalue weighted by atomic mass is 9.92. The molecule has 2 aliphatic carbocycles. The van der Waals surface area contributed by atoms with Crippen molar-refractivity contribution in [3.8, 4) is 5.75 Å². The maximum Gasteiger partial charge on any atom is 0.271 e. The Morgan fingerprint density at radius 2 is 2.08 bits per heavy atom. The first-order valence-electron chi connectivity index (χ1n) is 9.73. The summed E-state index contributed by atoms with van der Waals surface area (Å²) in [6, 6.07) is 5.10. The highest BCUT2D eigenvalue weighted by atomic mass is 16.6. The topological polar surface area (TPSA) is 68.8 Å². The third-order valence-electron chi connectivity index (χ3n) is 6.41. The van der Waals surface area contributed by atoms with Gasteiger partial charge in [0.15, 0.2) is 0 Å². The number of hydrogen-bond acceptors (Lipinski definition) is 4. The summed E-state index contributed by atoms with van der Waals surface area (Å²) in [5.74, 6) is 3.22. The third kappa shape index (κ3) is 3.56. The predicted octanol–water partition coefficient (Wildman–Crippen LogP) is 2.27. The van der Waals surface area contributed by atoms with E-state index in [0.29, 0.717) is 11.8 Å². The highest BCUT2D eigenvalue weighted by Crippen LogP contribution is 2.42. The van der Waals surface area contributed by atoms with Crippen LogP contribution in [0.5, 0.6) is 5.75 Å². The zero-order valence-corrected chi connectivity index (χ0v) is 15.3. The Labute approximate surface area is 154 Å². The largest absolute Gasteiger partial charge is 0.495 e. The van der Waals surface area contributed by atoms with E-state index in [9.17, 15) is 10.1 Å². The molecule has 4 rings (SSSR count). The Kier molecular flexibility index (Phi) is 4.85. The summed E-state index contributed by atoms with van der Waals surface area (Å²) in [5.41, 5.74) is 0.828. The van der Waals surface area contributed by atoms with Gasteiger partial charge in [-0.3, -0.25) is 10.1 Å². The number of rotatable bonds is 6. The van der Waals surface area contributed by atoms with Gasteiger partial charge in [-0.15, -0.1) is 0 Å². The second kappa shape index (κ2) is 7.27. The molecule has 1 aliphatic heterocycles. The summed E-state index contributed by atoms with van der Waals surface area (Å²) in [7, 11) is 1.60. The van der Waals surface area contributed by atoms with Crippen LogP contribution in [0, 0.1) is 27.9 Å². The second-order valence-corrected chi connectivity index (χ2v) is 8.05. The van der Waals surface area contributed by atoms with Crippen molar-refractivity contribution in [2.24, 2.45) is 17.8 Å². The van der Waals surface area contributed by atoms with Gasteiger partial charge in [-0.2, -0.15) is 0 Å². The number of benzene rings is 1. The highest BCUT2D eigenvalue weighted by molar-refractivity contribution is 5.62. The summed E-state index contributed by atoms with van der Waals surface area (Å²) < 4.78 is 5.36. The van der Waals surface area contributed by atoms with Crippen LogP contribution in [0.25, 0.3) is 0 Å². The molecular weight excluding hydrogens is 330 g/mol. The number of nitrogens with zero attached hydrogens (tertiary/aromatic N) is 1. The van der Waals surface area contributed by atoms with Gasteiger partial charge in [0.2, 0.25) is 0 Å². The van der Waals surface area contributed by atoms with Gasteiger partial charge in [-0.1, -0.05) is 12.2 Å². The van der Waals surface area contributed by atoms with Crippen LogP contribution >= 0.6 is 0 Å². The average molecular weight is 358 g/mol. The van der Waals surface area contributed by atoms with Crippen molar-refractivity contribution in [3.05, 3.63) is 40.5 Å². The van der Waals surface area contributed by atoms with Gasteiger partial charge >= 0.3 is 0 Å². The molecule has 0 aromatic heterocycles. The molecule has 1 aromatic rings. The summed E-state index contributed by atoms with van der Waals surface area (Å²) >= 11 is 0. The summed E-state index contributed by atoms with van der Waals surface area (Å²) in [6.07, 6.45) is 9.82. The number of nitrogens with one attached hydrogen (secondary N) is 2. The van der Waals surface area contributed by atoms with Gasteiger partial charge in [0, 0.05) is 36.9 Å². The molecule has 26 heavy (non-hydrogen) atoms. The number of non-ortho nitro benzene ring substituents is 1. The Morgan fingerprint density at radius 3 is 2.69 bits per heavy atom. The van der Waals surface area contributed by atoms with Gasteiger partial charge in [-0.25, -0.2) is 0 Å². The first-order chi connectivity index (χ1) is 12.6. The number of likely N-dealkylation sites (tertiary alicyclic amines) is 1. The normalized spacial score (nSPS) is 32.6. The maximum absolute atomic E-state index is 11.0. The molecule has 1 saturated heterocycles. The number of anilines is 1. The molecule has 0 unspecified atom stereocenters. The van der Waals surface area contributed by atoms with Crippen LogP contribution in [0.1, 0.15) is 25.7 Å². The van der Waals surface area contributed by atoms with Crippen molar-refractivity contribution in [2.75, 3.05) is 32.1 Å². The smallest absolute Gasteiger partial charge is 0.271 e. The number of quaternary nitrogens is 1. The van der Waals surface area contributed by atoms with Crippen molar-refractivity contribution in [1.82, 2.24) is 0 Å². The molecule has 1 aromatic carbocycles. The van der Waals surface area contributed by atoms with E-state index in [4.69, 9.17) is 4.74 Å². The quantitative estimate of drug-likeness (QED) is 0.465. The molecule has 1 heterocycles.